The van der Waals surface area contributed by atoms with Crippen molar-refractivity contribution in [2.45, 2.75) is 43.9 Å². The zero-order valence-electron chi connectivity index (χ0n) is 16.2. The number of aromatic nitrogens is 1. The van der Waals surface area contributed by atoms with Gasteiger partial charge in [-0.2, -0.15) is 0 Å². The summed E-state index contributed by atoms with van der Waals surface area (Å²) in [6.07, 6.45) is 5.00. The van der Waals surface area contributed by atoms with Gasteiger partial charge in [0.1, 0.15) is 11.6 Å². The molecule has 0 aliphatic carbocycles. The molecule has 28 heavy (non-hydrogen) atoms. The van der Waals surface area contributed by atoms with E-state index in [4.69, 9.17) is 0 Å². The zero-order chi connectivity index (χ0) is 20.1. The summed E-state index contributed by atoms with van der Waals surface area (Å²) < 4.78 is 28.9. The van der Waals surface area contributed by atoms with Crippen molar-refractivity contribution in [1.82, 2.24) is 4.57 Å². The molecule has 3 rings (SSSR count). The van der Waals surface area contributed by atoms with Crippen molar-refractivity contribution in [2.24, 2.45) is 0 Å². The largest absolute Gasteiger partial charge is 0.611 e. The topological polar surface area (TPSA) is 45.1 Å². The standard InChI is InChI=1S/C23H24FNO2S/c1-3-8-18-11-19(13-20(24)12-18)21-14-25(4-2)15-22(23(21)26)28(27)16-17-9-6-5-7-10-17/h5-7,9-15H,3-4,8,16H2,1-2H3. The molecule has 0 radical (unpaired) electrons. The van der Waals surface area contributed by atoms with Gasteiger partial charge in [0.25, 0.3) is 0 Å². The van der Waals surface area contributed by atoms with Gasteiger partial charge in [0.05, 0.1) is 11.8 Å². The average molecular weight is 398 g/mol. The quantitative estimate of drug-likeness (QED) is 0.531. The van der Waals surface area contributed by atoms with Gasteiger partial charge < -0.3 is 9.12 Å². The number of hydrogen-bond acceptors (Lipinski definition) is 2. The van der Waals surface area contributed by atoms with Gasteiger partial charge in [-0.15, -0.1) is 0 Å². The minimum atomic E-state index is -1.48. The lowest BCUT2D eigenvalue weighted by Gasteiger charge is -2.14. The molecule has 3 nitrogen and oxygen atoms in total. The molecule has 0 spiro atoms. The minimum Gasteiger partial charge on any atom is -0.611 e. The van der Waals surface area contributed by atoms with E-state index >= 15 is 0 Å². The molecule has 0 N–H and O–H groups in total. The second kappa shape index (κ2) is 9.22. The number of pyridine rings is 1. The summed E-state index contributed by atoms with van der Waals surface area (Å²) in [6, 6.07) is 14.2. The lowest BCUT2D eigenvalue weighted by atomic mass is 10.0. The monoisotopic (exact) mass is 397 g/mol. The fraction of sp³-hybridized carbons (Fsp3) is 0.261. The molecule has 0 saturated carbocycles. The number of benzene rings is 2. The Morgan fingerprint density at radius 3 is 2.46 bits per heavy atom. The first kappa shape index (κ1) is 20.4. The van der Waals surface area contributed by atoms with Crippen LogP contribution >= 0.6 is 0 Å². The van der Waals surface area contributed by atoms with Crippen LogP contribution in [-0.4, -0.2) is 9.12 Å². The number of nitrogens with zero attached hydrogens (tertiary/aromatic N) is 1. The fourth-order valence-corrected chi connectivity index (χ4v) is 4.42. The summed E-state index contributed by atoms with van der Waals surface area (Å²) in [5.74, 6) is -0.0905. The zero-order valence-corrected chi connectivity index (χ0v) is 17.0. The molecule has 0 saturated heterocycles. The second-order valence-electron chi connectivity index (χ2n) is 6.77. The van der Waals surface area contributed by atoms with Crippen molar-refractivity contribution >= 4 is 11.2 Å². The van der Waals surface area contributed by atoms with Crippen LogP contribution in [-0.2, 0) is 29.9 Å². The van der Waals surface area contributed by atoms with Crippen molar-refractivity contribution in [3.8, 4) is 11.1 Å². The van der Waals surface area contributed by atoms with Crippen molar-refractivity contribution in [3.63, 3.8) is 0 Å². The molecule has 1 unspecified atom stereocenters. The van der Waals surface area contributed by atoms with Gasteiger partial charge in [0.2, 0.25) is 10.3 Å². The lowest BCUT2D eigenvalue weighted by molar-refractivity contribution is 0.591. The summed E-state index contributed by atoms with van der Waals surface area (Å²) in [5, 5.41) is 0. The van der Waals surface area contributed by atoms with E-state index in [1.807, 2.05) is 54.8 Å². The smallest absolute Gasteiger partial charge is 0.244 e. The molecule has 0 amide bonds. The third-order valence-electron chi connectivity index (χ3n) is 4.60. The van der Waals surface area contributed by atoms with Crippen LogP contribution in [0.15, 0.2) is 70.6 Å². The Bertz CT molecular complexity index is 1000. The maximum Gasteiger partial charge on any atom is 0.244 e. The summed E-state index contributed by atoms with van der Waals surface area (Å²) in [7, 11) is 0. The van der Waals surface area contributed by atoms with Gasteiger partial charge in [0.15, 0.2) is 0 Å². The van der Waals surface area contributed by atoms with Crippen molar-refractivity contribution in [2.75, 3.05) is 0 Å². The first-order chi connectivity index (χ1) is 13.5. The van der Waals surface area contributed by atoms with Gasteiger partial charge in [-0.25, -0.2) is 4.39 Å². The third-order valence-corrected chi connectivity index (χ3v) is 5.98. The first-order valence-corrected chi connectivity index (χ1v) is 10.8. The highest BCUT2D eigenvalue weighted by molar-refractivity contribution is 7.90. The molecule has 0 aliphatic heterocycles. The van der Waals surface area contributed by atoms with E-state index in [1.165, 1.54) is 12.1 Å². The Kier molecular flexibility index (Phi) is 6.70. The Hall–Kier alpha value is -2.37. The molecule has 3 aromatic rings. The van der Waals surface area contributed by atoms with Gasteiger partial charge in [-0.05, 0) is 47.8 Å². The summed E-state index contributed by atoms with van der Waals surface area (Å²) in [6.45, 7) is 4.61. The van der Waals surface area contributed by atoms with E-state index in [0.29, 0.717) is 17.7 Å². The SMILES string of the molecule is CCCc1cc(F)cc(-c2cn(CC)cc([S+]([O-])Cc3ccccc3)c2=O)c1. The van der Waals surface area contributed by atoms with Crippen LogP contribution in [0.2, 0.25) is 0 Å². The molecule has 5 heteroatoms. The van der Waals surface area contributed by atoms with Crippen LogP contribution < -0.4 is 5.43 Å². The van der Waals surface area contributed by atoms with E-state index in [9.17, 15) is 13.7 Å². The van der Waals surface area contributed by atoms with E-state index in [-0.39, 0.29) is 21.9 Å². The maximum absolute atomic E-state index is 14.1. The van der Waals surface area contributed by atoms with Crippen LogP contribution in [0.1, 0.15) is 31.4 Å². The summed E-state index contributed by atoms with van der Waals surface area (Å²) >= 11 is -1.48. The molecular weight excluding hydrogens is 373 g/mol. The lowest BCUT2D eigenvalue weighted by Crippen LogP contribution is -2.21. The Balaban J connectivity index is 2.06. The van der Waals surface area contributed by atoms with Crippen LogP contribution in [0.4, 0.5) is 4.39 Å². The fourth-order valence-electron chi connectivity index (χ4n) is 3.20. The van der Waals surface area contributed by atoms with Crippen LogP contribution in [0.25, 0.3) is 11.1 Å². The highest BCUT2D eigenvalue weighted by Gasteiger charge is 2.21. The first-order valence-electron chi connectivity index (χ1n) is 9.48. The van der Waals surface area contributed by atoms with Gasteiger partial charge >= 0.3 is 0 Å². The highest BCUT2D eigenvalue weighted by atomic mass is 32.2. The van der Waals surface area contributed by atoms with E-state index < -0.39 is 11.2 Å². The Morgan fingerprint density at radius 2 is 1.79 bits per heavy atom. The maximum atomic E-state index is 14.1. The molecule has 1 aromatic heterocycles. The van der Waals surface area contributed by atoms with Crippen LogP contribution in [0.5, 0.6) is 0 Å². The average Bonchev–Trinajstić information content (AvgIpc) is 2.68. The molecular formula is C23H24FNO2S. The molecule has 1 atom stereocenters. The predicted molar refractivity (Wildman–Crippen MR) is 112 cm³/mol. The van der Waals surface area contributed by atoms with E-state index in [2.05, 4.69) is 0 Å². The van der Waals surface area contributed by atoms with E-state index in [0.717, 1.165) is 24.0 Å². The number of aryl methyl sites for hydroxylation is 2. The van der Waals surface area contributed by atoms with Gasteiger partial charge in [-0.1, -0.05) is 49.7 Å². The molecule has 2 aromatic carbocycles. The van der Waals surface area contributed by atoms with Crippen LogP contribution in [0.3, 0.4) is 0 Å². The van der Waals surface area contributed by atoms with Crippen molar-refractivity contribution in [1.29, 1.82) is 0 Å². The third kappa shape index (κ3) is 4.72. The minimum absolute atomic E-state index is 0.254. The predicted octanol–water partition coefficient (Wildman–Crippen LogP) is 4.93. The number of halogens is 1. The van der Waals surface area contributed by atoms with Gasteiger partial charge in [-0.3, -0.25) is 4.79 Å². The van der Waals surface area contributed by atoms with Crippen molar-refractivity contribution < 1.29 is 8.94 Å². The molecule has 146 valence electrons. The Morgan fingerprint density at radius 1 is 1.04 bits per heavy atom. The van der Waals surface area contributed by atoms with Gasteiger partial charge in [0, 0.05) is 18.3 Å². The number of rotatable bonds is 7. The molecule has 0 fully saturated rings. The van der Waals surface area contributed by atoms with Crippen molar-refractivity contribution in [3.05, 3.63) is 88.1 Å². The molecule has 0 aliphatic rings. The van der Waals surface area contributed by atoms with Crippen LogP contribution in [0, 0.1) is 5.82 Å². The van der Waals surface area contributed by atoms with E-state index in [1.54, 1.807) is 12.4 Å². The Labute approximate surface area is 168 Å². The normalized spacial score (nSPS) is 12.1. The molecule has 1 heterocycles. The number of hydrogen-bond donors (Lipinski definition) is 0. The molecule has 0 bridgehead atoms. The second-order valence-corrected chi connectivity index (χ2v) is 8.19. The highest BCUT2D eigenvalue weighted by Crippen LogP contribution is 2.23. The summed E-state index contributed by atoms with van der Waals surface area (Å²) in [4.78, 5) is 13.4. The summed E-state index contributed by atoms with van der Waals surface area (Å²) in [5.41, 5.74) is 2.39.